The molecule has 3 heteroatoms. The summed E-state index contributed by atoms with van der Waals surface area (Å²) in [5.41, 5.74) is 2.24. The lowest BCUT2D eigenvalue weighted by molar-refractivity contribution is 0.891. The van der Waals surface area contributed by atoms with Crippen LogP contribution < -0.4 is 10.9 Å². The second-order valence-electron chi connectivity index (χ2n) is 2.68. The number of benzene rings is 1. The molecule has 0 aliphatic carbocycles. The minimum absolute atomic E-state index is 0.829. The molecule has 0 aromatic heterocycles. The Labute approximate surface area is 70.5 Å². The van der Waals surface area contributed by atoms with Crippen LogP contribution >= 0.6 is 11.6 Å². The van der Waals surface area contributed by atoms with Crippen LogP contribution in [0.3, 0.4) is 0 Å². The van der Waals surface area contributed by atoms with Gasteiger partial charge in [-0.1, -0.05) is 17.7 Å². The van der Waals surface area contributed by atoms with Gasteiger partial charge in [0.05, 0.1) is 5.69 Å². The SMILES string of the molecule is NN1CCc2c(Cl)cccc21. The largest absolute Gasteiger partial charge is 0.310 e. The number of hydrogen-bond acceptors (Lipinski definition) is 2. The van der Waals surface area contributed by atoms with E-state index in [0.717, 1.165) is 23.7 Å². The first kappa shape index (κ1) is 6.95. The van der Waals surface area contributed by atoms with Crippen LogP contribution in [0.5, 0.6) is 0 Å². The van der Waals surface area contributed by atoms with E-state index in [-0.39, 0.29) is 0 Å². The zero-order chi connectivity index (χ0) is 7.84. The second kappa shape index (κ2) is 2.40. The van der Waals surface area contributed by atoms with Crippen LogP contribution in [-0.4, -0.2) is 6.54 Å². The zero-order valence-corrected chi connectivity index (χ0v) is 6.80. The maximum Gasteiger partial charge on any atom is 0.0564 e. The van der Waals surface area contributed by atoms with Gasteiger partial charge in [0.1, 0.15) is 0 Å². The van der Waals surface area contributed by atoms with E-state index in [1.165, 1.54) is 5.56 Å². The van der Waals surface area contributed by atoms with Crippen molar-refractivity contribution in [2.75, 3.05) is 11.6 Å². The van der Waals surface area contributed by atoms with Gasteiger partial charge in [-0.15, -0.1) is 0 Å². The van der Waals surface area contributed by atoms with Crippen molar-refractivity contribution in [3.8, 4) is 0 Å². The molecular weight excluding hydrogens is 160 g/mol. The molecule has 1 aliphatic rings. The van der Waals surface area contributed by atoms with Crippen LogP contribution in [-0.2, 0) is 6.42 Å². The summed E-state index contributed by atoms with van der Waals surface area (Å²) in [7, 11) is 0. The van der Waals surface area contributed by atoms with Crippen LogP contribution in [0.1, 0.15) is 5.56 Å². The molecule has 0 amide bonds. The van der Waals surface area contributed by atoms with Crippen LogP contribution in [0.4, 0.5) is 5.69 Å². The fourth-order valence-electron chi connectivity index (χ4n) is 1.42. The molecule has 0 saturated heterocycles. The average molecular weight is 169 g/mol. The monoisotopic (exact) mass is 168 g/mol. The standard InChI is InChI=1S/C8H9ClN2/c9-7-2-1-3-8-6(7)4-5-11(8)10/h1-3H,4-5,10H2. The Morgan fingerprint density at radius 2 is 2.27 bits per heavy atom. The van der Waals surface area contributed by atoms with E-state index >= 15 is 0 Å². The minimum Gasteiger partial charge on any atom is -0.310 e. The number of nitrogens with two attached hydrogens (primary N) is 1. The van der Waals surface area contributed by atoms with Gasteiger partial charge in [0.2, 0.25) is 0 Å². The smallest absolute Gasteiger partial charge is 0.0564 e. The van der Waals surface area contributed by atoms with Crippen LogP contribution in [0, 0.1) is 0 Å². The quantitative estimate of drug-likeness (QED) is 0.596. The van der Waals surface area contributed by atoms with E-state index in [9.17, 15) is 0 Å². The van der Waals surface area contributed by atoms with E-state index in [1.54, 1.807) is 5.01 Å². The van der Waals surface area contributed by atoms with Gasteiger partial charge in [-0.2, -0.15) is 0 Å². The van der Waals surface area contributed by atoms with Crippen molar-refractivity contribution in [1.29, 1.82) is 0 Å². The molecule has 2 nitrogen and oxygen atoms in total. The number of halogens is 1. The molecule has 2 N–H and O–H groups in total. The summed E-state index contributed by atoms with van der Waals surface area (Å²) in [5, 5.41) is 2.57. The maximum absolute atomic E-state index is 5.95. The summed E-state index contributed by atoms with van der Waals surface area (Å²) in [4.78, 5) is 0. The van der Waals surface area contributed by atoms with Gasteiger partial charge < -0.3 is 5.01 Å². The first-order valence-corrected chi connectivity index (χ1v) is 3.96. The van der Waals surface area contributed by atoms with Gasteiger partial charge in [0.15, 0.2) is 0 Å². The number of fused-ring (bicyclic) bond motifs is 1. The first-order valence-electron chi connectivity index (χ1n) is 3.58. The molecule has 0 unspecified atom stereocenters. The van der Waals surface area contributed by atoms with Gasteiger partial charge in [0, 0.05) is 11.6 Å². The highest BCUT2D eigenvalue weighted by Crippen LogP contribution is 2.30. The Bertz CT molecular complexity index is 285. The summed E-state index contributed by atoms with van der Waals surface area (Å²) in [6, 6.07) is 5.82. The molecule has 0 radical (unpaired) electrons. The van der Waals surface area contributed by atoms with Gasteiger partial charge in [-0.25, -0.2) is 5.84 Å². The average Bonchev–Trinajstić information content (AvgIpc) is 2.35. The molecule has 58 valence electrons. The number of anilines is 1. The topological polar surface area (TPSA) is 29.3 Å². The fourth-order valence-corrected chi connectivity index (χ4v) is 1.68. The van der Waals surface area contributed by atoms with Crippen molar-refractivity contribution in [3.05, 3.63) is 28.8 Å². The number of nitrogens with zero attached hydrogens (tertiary/aromatic N) is 1. The van der Waals surface area contributed by atoms with Gasteiger partial charge >= 0.3 is 0 Å². The van der Waals surface area contributed by atoms with Crippen LogP contribution in [0.15, 0.2) is 18.2 Å². The fraction of sp³-hybridized carbons (Fsp3) is 0.250. The minimum atomic E-state index is 0.829. The molecule has 1 aliphatic heterocycles. The highest BCUT2D eigenvalue weighted by molar-refractivity contribution is 6.31. The summed E-state index contributed by atoms with van der Waals surface area (Å²) >= 11 is 5.95. The summed E-state index contributed by atoms with van der Waals surface area (Å²) in [6.07, 6.45) is 0.964. The first-order chi connectivity index (χ1) is 5.29. The number of hydrazine groups is 1. The van der Waals surface area contributed by atoms with Crippen molar-refractivity contribution >= 4 is 17.3 Å². The zero-order valence-electron chi connectivity index (χ0n) is 6.05. The van der Waals surface area contributed by atoms with Crippen molar-refractivity contribution in [2.45, 2.75) is 6.42 Å². The Balaban J connectivity index is 2.57. The van der Waals surface area contributed by atoms with E-state index in [1.807, 2.05) is 18.2 Å². The Morgan fingerprint density at radius 1 is 1.45 bits per heavy atom. The Morgan fingerprint density at radius 3 is 3.00 bits per heavy atom. The molecule has 2 rings (SSSR count). The summed E-state index contributed by atoms with van der Waals surface area (Å²) in [5.74, 6) is 5.69. The lowest BCUT2D eigenvalue weighted by Gasteiger charge is -2.10. The predicted molar refractivity (Wildman–Crippen MR) is 46.7 cm³/mol. The molecular formula is C8H9ClN2. The number of hydrogen-bond donors (Lipinski definition) is 1. The molecule has 0 bridgehead atoms. The lowest BCUT2D eigenvalue weighted by Crippen LogP contribution is -2.27. The summed E-state index contributed by atoms with van der Waals surface area (Å²) in [6.45, 7) is 0.874. The maximum atomic E-state index is 5.95. The highest BCUT2D eigenvalue weighted by atomic mass is 35.5. The second-order valence-corrected chi connectivity index (χ2v) is 3.09. The predicted octanol–water partition coefficient (Wildman–Crippen LogP) is 1.58. The van der Waals surface area contributed by atoms with E-state index in [4.69, 9.17) is 17.4 Å². The third kappa shape index (κ3) is 0.988. The van der Waals surface area contributed by atoms with Crippen molar-refractivity contribution in [3.63, 3.8) is 0 Å². The summed E-state index contributed by atoms with van der Waals surface area (Å²) < 4.78 is 0. The van der Waals surface area contributed by atoms with Crippen molar-refractivity contribution < 1.29 is 0 Å². The Hall–Kier alpha value is -0.730. The number of rotatable bonds is 0. The molecule has 0 atom stereocenters. The Kier molecular flexibility index (Phi) is 1.51. The molecule has 1 heterocycles. The van der Waals surface area contributed by atoms with Gasteiger partial charge in [0.25, 0.3) is 0 Å². The molecule has 1 aromatic rings. The van der Waals surface area contributed by atoms with Crippen LogP contribution in [0.25, 0.3) is 0 Å². The molecule has 0 fully saturated rings. The molecule has 11 heavy (non-hydrogen) atoms. The van der Waals surface area contributed by atoms with E-state index < -0.39 is 0 Å². The lowest BCUT2D eigenvalue weighted by atomic mass is 10.2. The van der Waals surface area contributed by atoms with Gasteiger partial charge in [-0.3, -0.25) is 0 Å². The third-order valence-corrected chi connectivity index (χ3v) is 2.36. The highest BCUT2D eigenvalue weighted by Gasteiger charge is 2.17. The molecule has 0 spiro atoms. The van der Waals surface area contributed by atoms with E-state index in [0.29, 0.717) is 0 Å². The van der Waals surface area contributed by atoms with E-state index in [2.05, 4.69) is 0 Å². The molecule has 1 aromatic carbocycles. The van der Waals surface area contributed by atoms with Gasteiger partial charge in [-0.05, 0) is 24.1 Å². The molecule has 0 saturated carbocycles. The third-order valence-electron chi connectivity index (χ3n) is 2.01. The normalized spacial score (nSPS) is 15.3. The van der Waals surface area contributed by atoms with Crippen LogP contribution in [0.2, 0.25) is 5.02 Å². The van der Waals surface area contributed by atoms with Crippen molar-refractivity contribution in [1.82, 2.24) is 0 Å². The van der Waals surface area contributed by atoms with Crippen molar-refractivity contribution in [2.24, 2.45) is 5.84 Å².